The number of carbonyl (C=O) groups excluding carboxylic acids is 1. The highest BCUT2D eigenvalue weighted by atomic mass is 32.2. The van der Waals surface area contributed by atoms with Crippen LogP contribution in [0.4, 0.5) is 0 Å². The van der Waals surface area contributed by atoms with E-state index in [-0.39, 0.29) is 5.78 Å². The van der Waals surface area contributed by atoms with Crippen LogP contribution < -0.4 is 0 Å². The summed E-state index contributed by atoms with van der Waals surface area (Å²) < 4.78 is 0. The van der Waals surface area contributed by atoms with Crippen LogP contribution in [-0.4, -0.2) is 22.0 Å². The molecule has 3 aromatic rings. The van der Waals surface area contributed by atoms with Gasteiger partial charge in [0.2, 0.25) is 0 Å². The van der Waals surface area contributed by atoms with Crippen molar-refractivity contribution in [3.05, 3.63) is 65.7 Å². The van der Waals surface area contributed by atoms with Crippen LogP contribution in [0.5, 0.6) is 0 Å². The van der Waals surface area contributed by atoms with Crippen molar-refractivity contribution in [1.82, 2.24) is 9.97 Å². The highest BCUT2D eigenvalue weighted by molar-refractivity contribution is 7.98. The van der Waals surface area contributed by atoms with Gasteiger partial charge in [-0.05, 0) is 6.26 Å². The van der Waals surface area contributed by atoms with Gasteiger partial charge in [0.15, 0.2) is 10.9 Å². The summed E-state index contributed by atoms with van der Waals surface area (Å²) in [5, 5.41) is 0.683. The maximum atomic E-state index is 12.8. The molecule has 1 heterocycles. The Morgan fingerprint density at radius 3 is 2.18 bits per heavy atom. The first-order valence-electron chi connectivity index (χ1n) is 6.95. The van der Waals surface area contributed by atoms with Crippen molar-refractivity contribution in [3.63, 3.8) is 0 Å². The van der Waals surface area contributed by atoms with Gasteiger partial charge in [-0.25, -0.2) is 9.97 Å². The van der Waals surface area contributed by atoms with Crippen LogP contribution in [0.25, 0.3) is 22.5 Å². The zero-order valence-electron chi connectivity index (χ0n) is 11.9. The number of carbonyl (C=O) groups is 1. The average molecular weight is 304 g/mol. The normalized spacial score (nSPS) is 12.1. The van der Waals surface area contributed by atoms with Crippen molar-refractivity contribution in [3.8, 4) is 22.5 Å². The highest BCUT2D eigenvalue weighted by Gasteiger charge is 2.32. The van der Waals surface area contributed by atoms with Crippen LogP contribution in [0.3, 0.4) is 0 Å². The van der Waals surface area contributed by atoms with Gasteiger partial charge in [0, 0.05) is 16.7 Å². The fourth-order valence-electron chi connectivity index (χ4n) is 2.77. The standard InChI is InChI=1S/C18H12N2OS/c1-22-18-19-15(11-7-3-2-4-8-11)14-16(20-18)12-9-5-6-10-13(12)17(14)21/h2-10H,1H3. The number of ketones is 1. The van der Waals surface area contributed by atoms with Crippen molar-refractivity contribution in [2.75, 3.05) is 6.26 Å². The molecule has 0 N–H and O–H groups in total. The van der Waals surface area contributed by atoms with Gasteiger partial charge in [0.25, 0.3) is 0 Å². The summed E-state index contributed by atoms with van der Waals surface area (Å²) in [6, 6.07) is 17.4. The summed E-state index contributed by atoms with van der Waals surface area (Å²) in [5.74, 6) is 0.0112. The van der Waals surface area contributed by atoms with E-state index in [9.17, 15) is 4.79 Å². The lowest BCUT2D eigenvalue weighted by Gasteiger charge is -2.08. The third kappa shape index (κ3) is 1.88. The molecule has 0 saturated carbocycles. The van der Waals surface area contributed by atoms with E-state index in [1.807, 2.05) is 60.9 Å². The highest BCUT2D eigenvalue weighted by Crippen LogP contribution is 2.40. The van der Waals surface area contributed by atoms with E-state index < -0.39 is 0 Å². The predicted molar refractivity (Wildman–Crippen MR) is 88.1 cm³/mol. The summed E-state index contributed by atoms with van der Waals surface area (Å²) in [4.78, 5) is 22.0. The molecule has 0 saturated heterocycles. The van der Waals surface area contributed by atoms with Crippen LogP contribution in [0.2, 0.25) is 0 Å². The minimum atomic E-state index is 0.0112. The number of benzene rings is 2. The van der Waals surface area contributed by atoms with Crippen molar-refractivity contribution >= 4 is 17.5 Å². The first-order chi connectivity index (χ1) is 10.8. The lowest BCUT2D eigenvalue weighted by Crippen LogP contribution is -2.03. The Morgan fingerprint density at radius 1 is 0.818 bits per heavy atom. The van der Waals surface area contributed by atoms with E-state index in [1.165, 1.54) is 11.8 Å². The summed E-state index contributed by atoms with van der Waals surface area (Å²) in [6.07, 6.45) is 1.94. The molecule has 4 heteroatoms. The molecule has 1 aromatic heterocycles. The smallest absolute Gasteiger partial charge is 0.198 e. The lowest BCUT2D eigenvalue weighted by molar-refractivity contribution is 0.104. The van der Waals surface area contributed by atoms with Crippen molar-refractivity contribution < 1.29 is 4.79 Å². The zero-order chi connectivity index (χ0) is 15.1. The summed E-state index contributed by atoms with van der Waals surface area (Å²) in [6.45, 7) is 0. The quantitative estimate of drug-likeness (QED) is 0.413. The molecule has 4 rings (SSSR count). The topological polar surface area (TPSA) is 42.9 Å². The molecular weight excluding hydrogens is 292 g/mol. The second-order valence-corrected chi connectivity index (χ2v) is 5.80. The first-order valence-corrected chi connectivity index (χ1v) is 8.17. The minimum absolute atomic E-state index is 0.0112. The van der Waals surface area contributed by atoms with E-state index in [4.69, 9.17) is 0 Å². The van der Waals surface area contributed by atoms with Crippen LogP contribution in [0.15, 0.2) is 59.8 Å². The maximum Gasteiger partial charge on any atom is 0.198 e. The van der Waals surface area contributed by atoms with E-state index in [0.717, 1.165) is 22.5 Å². The van der Waals surface area contributed by atoms with Crippen LogP contribution >= 0.6 is 11.8 Å². The molecule has 106 valence electrons. The summed E-state index contributed by atoms with van der Waals surface area (Å²) in [7, 11) is 0. The molecule has 1 aliphatic rings. The maximum absolute atomic E-state index is 12.8. The third-order valence-corrected chi connectivity index (χ3v) is 4.32. The Kier molecular flexibility index (Phi) is 3.05. The number of aromatic nitrogens is 2. The predicted octanol–water partition coefficient (Wildman–Crippen LogP) is 4.08. The van der Waals surface area contributed by atoms with Gasteiger partial charge in [-0.15, -0.1) is 0 Å². The minimum Gasteiger partial charge on any atom is -0.288 e. The molecular formula is C18H12N2OS. The van der Waals surface area contributed by atoms with Gasteiger partial charge >= 0.3 is 0 Å². The fourth-order valence-corrected chi connectivity index (χ4v) is 3.13. The van der Waals surface area contributed by atoms with E-state index in [0.29, 0.717) is 16.3 Å². The van der Waals surface area contributed by atoms with Gasteiger partial charge < -0.3 is 0 Å². The largest absolute Gasteiger partial charge is 0.288 e. The monoisotopic (exact) mass is 304 g/mol. The van der Waals surface area contributed by atoms with Crippen molar-refractivity contribution in [2.45, 2.75) is 5.16 Å². The van der Waals surface area contributed by atoms with Gasteiger partial charge in [0.1, 0.15) is 0 Å². The van der Waals surface area contributed by atoms with Gasteiger partial charge in [-0.1, -0.05) is 66.4 Å². The van der Waals surface area contributed by atoms with Crippen LogP contribution in [0.1, 0.15) is 15.9 Å². The zero-order valence-corrected chi connectivity index (χ0v) is 12.7. The second kappa shape index (κ2) is 5.07. The Bertz CT molecular complexity index is 891. The lowest BCUT2D eigenvalue weighted by atomic mass is 10.0. The van der Waals surface area contributed by atoms with E-state index in [1.54, 1.807) is 0 Å². The molecule has 0 aliphatic heterocycles. The van der Waals surface area contributed by atoms with Crippen molar-refractivity contribution in [1.29, 1.82) is 0 Å². The number of hydrogen-bond acceptors (Lipinski definition) is 4. The number of rotatable bonds is 2. The first kappa shape index (κ1) is 13.2. The van der Waals surface area contributed by atoms with Crippen LogP contribution in [0, 0.1) is 0 Å². The van der Waals surface area contributed by atoms with Crippen molar-refractivity contribution in [2.24, 2.45) is 0 Å². The third-order valence-electron chi connectivity index (χ3n) is 3.77. The molecule has 0 radical (unpaired) electrons. The Hall–Kier alpha value is -2.46. The molecule has 0 atom stereocenters. The Balaban J connectivity index is 2.06. The second-order valence-electron chi connectivity index (χ2n) is 5.02. The van der Waals surface area contributed by atoms with Gasteiger partial charge in [-0.3, -0.25) is 4.79 Å². The number of fused-ring (bicyclic) bond motifs is 3. The molecule has 0 fully saturated rings. The molecule has 1 aliphatic carbocycles. The molecule has 0 amide bonds. The SMILES string of the molecule is CSc1nc(-c2ccccc2)c2c(n1)-c1ccccc1C2=O. The van der Waals surface area contributed by atoms with Gasteiger partial charge in [-0.2, -0.15) is 0 Å². The Morgan fingerprint density at radius 2 is 1.45 bits per heavy atom. The summed E-state index contributed by atoms with van der Waals surface area (Å²) in [5.41, 5.74) is 4.64. The molecule has 22 heavy (non-hydrogen) atoms. The Labute approximate surface area is 132 Å². The van der Waals surface area contributed by atoms with E-state index >= 15 is 0 Å². The molecule has 0 unspecified atom stereocenters. The summed E-state index contributed by atoms with van der Waals surface area (Å²) >= 11 is 1.49. The molecule has 0 bridgehead atoms. The number of thioether (sulfide) groups is 1. The molecule has 3 nitrogen and oxygen atoms in total. The average Bonchev–Trinajstić information content (AvgIpc) is 2.88. The molecule has 2 aromatic carbocycles. The fraction of sp³-hybridized carbons (Fsp3) is 0.0556. The van der Waals surface area contributed by atoms with E-state index in [2.05, 4.69) is 9.97 Å². The number of hydrogen-bond donors (Lipinski definition) is 0. The van der Waals surface area contributed by atoms with Crippen LogP contribution in [-0.2, 0) is 0 Å². The van der Waals surface area contributed by atoms with Gasteiger partial charge in [0.05, 0.1) is 17.0 Å². The molecule has 0 spiro atoms. The number of nitrogens with zero attached hydrogens (tertiary/aromatic N) is 2.